The number of hydrogen-bond acceptors (Lipinski definition) is 7. The zero-order chi connectivity index (χ0) is 26.6. The fourth-order valence-corrected chi connectivity index (χ4v) is 6.67. The number of nitrogens with zero attached hydrogens (tertiary/aromatic N) is 1. The van der Waals surface area contributed by atoms with Crippen molar-refractivity contribution in [3.05, 3.63) is 74.2 Å². The van der Waals surface area contributed by atoms with E-state index in [4.69, 9.17) is 16.3 Å². The van der Waals surface area contributed by atoms with Gasteiger partial charge >= 0.3 is 5.97 Å². The molecule has 0 radical (unpaired) electrons. The van der Waals surface area contributed by atoms with E-state index in [0.717, 1.165) is 29.5 Å². The lowest BCUT2D eigenvalue weighted by Gasteiger charge is -2.29. The molecule has 0 bridgehead atoms. The fraction of sp³-hybridized carbons (Fsp3) is 0.208. The van der Waals surface area contributed by atoms with E-state index < -0.39 is 43.9 Å². The first-order valence-electron chi connectivity index (χ1n) is 10.4. The van der Waals surface area contributed by atoms with Gasteiger partial charge in [0.25, 0.3) is 5.91 Å². The number of fused-ring (bicyclic) bond motifs is 1. The molecule has 3 aromatic rings. The zero-order valence-electron chi connectivity index (χ0n) is 19.2. The Morgan fingerprint density at radius 1 is 1.19 bits per heavy atom. The SMILES string of the molecule is COc1ccc(Cl)cc1C(C)(C)S(=O)(=O)c1ccc(F)c(N2C(=O)Cc3csc(C(=O)O)c3C2=O)c1. The Morgan fingerprint density at radius 2 is 1.89 bits per heavy atom. The number of carbonyl (C=O) groups excluding carboxylic acids is 2. The number of anilines is 1. The molecule has 0 aliphatic carbocycles. The molecule has 36 heavy (non-hydrogen) atoms. The van der Waals surface area contributed by atoms with Crippen LogP contribution < -0.4 is 9.64 Å². The van der Waals surface area contributed by atoms with Crippen molar-refractivity contribution in [3.63, 3.8) is 0 Å². The first-order valence-corrected chi connectivity index (χ1v) is 13.1. The predicted octanol–water partition coefficient (Wildman–Crippen LogP) is 4.69. The summed E-state index contributed by atoms with van der Waals surface area (Å²) in [5.41, 5.74) is -0.332. The first-order chi connectivity index (χ1) is 16.8. The van der Waals surface area contributed by atoms with Crippen molar-refractivity contribution in [1.82, 2.24) is 0 Å². The standard InChI is InChI=1S/C24H19ClFNO7S2/c1-24(2,15-9-13(25)4-7-18(15)34-3)36(32,33)14-5-6-16(26)17(10-14)27-19(28)8-12-11-35-21(23(30)31)20(12)22(27)29/h4-7,9-11H,8H2,1-3H3,(H,30,31). The maximum absolute atomic E-state index is 14.9. The van der Waals surface area contributed by atoms with Crippen molar-refractivity contribution >= 4 is 56.2 Å². The van der Waals surface area contributed by atoms with Crippen molar-refractivity contribution < 1.29 is 37.0 Å². The molecule has 2 heterocycles. The van der Waals surface area contributed by atoms with Gasteiger partial charge in [-0.05, 0) is 61.2 Å². The van der Waals surface area contributed by atoms with Crippen molar-refractivity contribution in [3.8, 4) is 5.75 Å². The summed E-state index contributed by atoms with van der Waals surface area (Å²) in [6.45, 7) is 2.85. The van der Waals surface area contributed by atoms with Crippen LogP contribution in [0.25, 0.3) is 0 Å². The van der Waals surface area contributed by atoms with Crippen molar-refractivity contribution in [2.75, 3.05) is 12.0 Å². The van der Waals surface area contributed by atoms with Crippen LogP contribution in [0.2, 0.25) is 5.02 Å². The number of carboxylic acid groups (broad SMARTS) is 1. The quantitative estimate of drug-likeness (QED) is 0.349. The second-order valence-corrected chi connectivity index (χ2v) is 12.3. The molecule has 188 valence electrons. The van der Waals surface area contributed by atoms with Crippen LogP contribution in [0.4, 0.5) is 10.1 Å². The summed E-state index contributed by atoms with van der Waals surface area (Å²) in [6.07, 6.45) is -0.341. The summed E-state index contributed by atoms with van der Waals surface area (Å²) in [4.78, 5) is 37.4. The highest BCUT2D eigenvalue weighted by atomic mass is 35.5. The minimum absolute atomic E-state index is 0.219. The Morgan fingerprint density at radius 3 is 2.53 bits per heavy atom. The van der Waals surface area contributed by atoms with Crippen LogP contribution in [0.15, 0.2) is 46.7 Å². The smallest absolute Gasteiger partial charge is 0.346 e. The summed E-state index contributed by atoms with van der Waals surface area (Å²) in [5.74, 6) is -3.97. The second kappa shape index (κ2) is 8.99. The van der Waals surface area contributed by atoms with E-state index in [9.17, 15) is 32.3 Å². The Kier molecular flexibility index (Phi) is 6.44. The predicted molar refractivity (Wildman–Crippen MR) is 131 cm³/mol. The van der Waals surface area contributed by atoms with E-state index >= 15 is 0 Å². The van der Waals surface area contributed by atoms with Crippen LogP contribution in [0.3, 0.4) is 0 Å². The molecule has 8 nitrogen and oxygen atoms in total. The number of amides is 2. The molecule has 0 saturated carbocycles. The number of carbonyl (C=O) groups is 3. The monoisotopic (exact) mass is 551 g/mol. The minimum Gasteiger partial charge on any atom is -0.496 e. The highest BCUT2D eigenvalue weighted by Gasteiger charge is 2.42. The number of aromatic carboxylic acids is 1. The van der Waals surface area contributed by atoms with E-state index in [2.05, 4.69) is 0 Å². The summed E-state index contributed by atoms with van der Waals surface area (Å²) in [5, 5.41) is 11.1. The van der Waals surface area contributed by atoms with Gasteiger partial charge in [-0.25, -0.2) is 22.5 Å². The number of methoxy groups -OCH3 is 1. The number of carboxylic acids is 1. The molecule has 0 unspecified atom stereocenters. The van der Waals surface area contributed by atoms with Crippen LogP contribution in [0.1, 0.15) is 45.0 Å². The Hall–Kier alpha value is -3.28. The molecular weight excluding hydrogens is 533 g/mol. The summed E-state index contributed by atoms with van der Waals surface area (Å²) >= 11 is 6.88. The molecule has 1 N–H and O–H groups in total. The van der Waals surface area contributed by atoms with Crippen LogP contribution >= 0.6 is 22.9 Å². The van der Waals surface area contributed by atoms with E-state index in [0.29, 0.717) is 4.90 Å². The van der Waals surface area contributed by atoms with Crippen molar-refractivity contribution in [1.29, 1.82) is 0 Å². The molecule has 0 saturated heterocycles. The lowest BCUT2D eigenvalue weighted by molar-refractivity contribution is -0.117. The molecule has 12 heteroatoms. The van der Waals surface area contributed by atoms with Gasteiger partial charge in [0.1, 0.15) is 16.4 Å². The molecule has 2 aromatic carbocycles. The largest absolute Gasteiger partial charge is 0.496 e. The highest BCUT2D eigenvalue weighted by molar-refractivity contribution is 7.92. The molecule has 1 aliphatic rings. The van der Waals surface area contributed by atoms with Gasteiger partial charge in [0, 0.05) is 10.6 Å². The number of sulfone groups is 1. The Bertz CT molecular complexity index is 1550. The molecule has 4 rings (SSSR count). The van der Waals surface area contributed by atoms with E-state index in [1.54, 1.807) is 6.07 Å². The third-order valence-corrected chi connectivity index (χ3v) is 9.71. The van der Waals surface area contributed by atoms with Crippen molar-refractivity contribution in [2.24, 2.45) is 0 Å². The number of imide groups is 1. The molecule has 2 amide bonds. The topological polar surface area (TPSA) is 118 Å². The van der Waals surface area contributed by atoms with Gasteiger partial charge in [0.15, 0.2) is 9.84 Å². The maximum atomic E-state index is 14.9. The average molecular weight is 552 g/mol. The molecule has 1 aromatic heterocycles. The number of benzene rings is 2. The van der Waals surface area contributed by atoms with Gasteiger partial charge in [-0.3, -0.25) is 9.59 Å². The zero-order valence-corrected chi connectivity index (χ0v) is 21.6. The summed E-state index contributed by atoms with van der Waals surface area (Å²) in [6, 6.07) is 7.29. The average Bonchev–Trinajstić information content (AvgIpc) is 3.24. The van der Waals surface area contributed by atoms with Gasteiger partial charge < -0.3 is 9.84 Å². The molecule has 0 spiro atoms. The molecule has 0 atom stereocenters. The molecule has 1 aliphatic heterocycles. The fourth-order valence-electron chi connectivity index (χ4n) is 4.05. The van der Waals surface area contributed by atoms with E-state index in [-0.39, 0.29) is 43.7 Å². The minimum atomic E-state index is -4.27. The number of thiophene rings is 1. The number of halogens is 2. The first kappa shape index (κ1) is 25.8. The third-order valence-electron chi connectivity index (χ3n) is 6.02. The van der Waals surface area contributed by atoms with Gasteiger partial charge in [0.2, 0.25) is 5.91 Å². The van der Waals surface area contributed by atoms with Gasteiger partial charge in [-0.15, -0.1) is 11.3 Å². The van der Waals surface area contributed by atoms with Crippen LogP contribution in [0.5, 0.6) is 5.75 Å². The van der Waals surface area contributed by atoms with E-state index in [1.165, 1.54) is 38.5 Å². The van der Waals surface area contributed by atoms with Crippen LogP contribution in [-0.4, -0.2) is 38.4 Å². The number of ether oxygens (including phenoxy) is 1. The summed E-state index contributed by atoms with van der Waals surface area (Å²) < 4.78 is 46.2. The van der Waals surface area contributed by atoms with Crippen molar-refractivity contribution in [2.45, 2.75) is 29.9 Å². The van der Waals surface area contributed by atoms with Gasteiger partial charge in [-0.1, -0.05) is 11.6 Å². The van der Waals surface area contributed by atoms with Crippen LogP contribution in [-0.2, 0) is 25.8 Å². The lowest BCUT2D eigenvalue weighted by Crippen LogP contribution is -2.43. The number of hydrogen-bond donors (Lipinski definition) is 1. The second-order valence-electron chi connectivity index (χ2n) is 8.45. The normalized spacial score (nSPS) is 14.1. The third kappa shape index (κ3) is 3.97. The van der Waals surface area contributed by atoms with Gasteiger partial charge in [0.05, 0.1) is 34.4 Å². The lowest BCUT2D eigenvalue weighted by atomic mass is 10.0. The summed E-state index contributed by atoms with van der Waals surface area (Å²) in [7, 11) is -2.89. The Balaban J connectivity index is 1.84. The molecule has 0 fully saturated rings. The van der Waals surface area contributed by atoms with Gasteiger partial charge in [-0.2, -0.15) is 0 Å². The highest BCUT2D eigenvalue weighted by Crippen LogP contribution is 2.42. The number of rotatable bonds is 6. The Labute approximate surface area is 214 Å². The molecular formula is C24H19ClFNO7S2. The van der Waals surface area contributed by atoms with E-state index in [1.807, 2.05) is 0 Å². The maximum Gasteiger partial charge on any atom is 0.346 e. The van der Waals surface area contributed by atoms with Crippen LogP contribution in [0, 0.1) is 5.82 Å².